The van der Waals surface area contributed by atoms with E-state index in [1.165, 1.54) is 13.8 Å². The summed E-state index contributed by atoms with van der Waals surface area (Å²) in [4.78, 5) is 21.7. The molecule has 0 aromatic carbocycles. The zero-order chi connectivity index (χ0) is 23.8. The molecule has 0 saturated heterocycles. The monoisotopic (exact) mass is 450 g/mol. The largest absolute Gasteiger partial charge is 0.463 e. The average molecular weight is 451 g/mol. The SMILES string of the molecule is CC(=O)OCC(C)OCC(C)OCC(C)OCC(C)OCC(C)OCC(C)OC(C)=O. The van der Waals surface area contributed by atoms with Gasteiger partial charge >= 0.3 is 11.9 Å². The van der Waals surface area contributed by atoms with Crippen LogP contribution in [0.25, 0.3) is 0 Å². The lowest BCUT2D eigenvalue weighted by molar-refractivity contribution is -0.150. The van der Waals surface area contributed by atoms with Gasteiger partial charge in [-0.2, -0.15) is 0 Å². The van der Waals surface area contributed by atoms with E-state index >= 15 is 0 Å². The van der Waals surface area contributed by atoms with Crippen LogP contribution in [-0.2, 0) is 42.7 Å². The Hall–Kier alpha value is -1.26. The van der Waals surface area contributed by atoms with Crippen molar-refractivity contribution in [1.82, 2.24) is 0 Å². The van der Waals surface area contributed by atoms with Gasteiger partial charge in [-0.25, -0.2) is 0 Å². The van der Waals surface area contributed by atoms with Crippen LogP contribution in [0.5, 0.6) is 0 Å². The number of carbonyl (C=O) groups excluding carboxylic acids is 2. The highest BCUT2D eigenvalue weighted by atomic mass is 16.6. The van der Waals surface area contributed by atoms with Crippen molar-refractivity contribution in [2.24, 2.45) is 0 Å². The molecule has 0 radical (unpaired) electrons. The smallest absolute Gasteiger partial charge is 0.302 e. The lowest BCUT2D eigenvalue weighted by Gasteiger charge is -2.22. The van der Waals surface area contributed by atoms with Crippen LogP contribution in [-0.4, -0.2) is 88.2 Å². The Balaban J connectivity index is 3.82. The van der Waals surface area contributed by atoms with E-state index in [1.807, 2.05) is 34.6 Å². The van der Waals surface area contributed by atoms with Gasteiger partial charge in [-0.05, 0) is 41.5 Å². The van der Waals surface area contributed by atoms with E-state index in [4.69, 9.17) is 33.2 Å². The Labute approximate surface area is 187 Å². The lowest BCUT2D eigenvalue weighted by Crippen LogP contribution is -2.30. The van der Waals surface area contributed by atoms with Gasteiger partial charge in [0.15, 0.2) is 0 Å². The second-order valence-corrected chi connectivity index (χ2v) is 7.94. The Morgan fingerprint density at radius 3 is 1.06 bits per heavy atom. The molecule has 9 heteroatoms. The molecule has 184 valence electrons. The highest BCUT2D eigenvalue weighted by Crippen LogP contribution is 2.04. The summed E-state index contributed by atoms with van der Waals surface area (Å²) < 4.78 is 38.4. The molecule has 0 N–H and O–H groups in total. The van der Waals surface area contributed by atoms with Crippen LogP contribution in [0.3, 0.4) is 0 Å². The Morgan fingerprint density at radius 1 is 0.484 bits per heavy atom. The molecule has 6 unspecified atom stereocenters. The van der Waals surface area contributed by atoms with Crippen LogP contribution >= 0.6 is 0 Å². The molecule has 0 heterocycles. The lowest BCUT2D eigenvalue weighted by atomic mass is 10.3. The molecule has 0 aliphatic rings. The first-order valence-corrected chi connectivity index (χ1v) is 10.9. The van der Waals surface area contributed by atoms with E-state index < -0.39 is 0 Å². The van der Waals surface area contributed by atoms with Crippen LogP contribution in [0.1, 0.15) is 55.4 Å². The third-order valence-corrected chi connectivity index (χ3v) is 3.97. The normalized spacial score (nSPS) is 17.3. The Morgan fingerprint density at radius 2 is 0.774 bits per heavy atom. The summed E-state index contributed by atoms with van der Waals surface area (Å²) in [6.45, 7) is 16.3. The van der Waals surface area contributed by atoms with Crippen LogP contribution in [0.4, 0.5) is 0 Å². The van der Waals surface area contributed by atoms with E-state index in [-0.39, 0.29) is 55.2 Å². The minimum absolute atomic E-state index is 0.0924. The summed E-state index contributed by atoms with van der Waals surface area (Å²) in [6.07, 6.45) is -0.881. The number of hydrogen-bond acceptors (Lipinski definition) is 9. The van der Waals surface area contributed by atoms with Crippen molar-refractivity contribution in [3.8, 4) is 0 Å². The van der Waals surface area contributed by atoms with Gasteiger partial charge in [0.2, 0.25) is 0 Å². The summed E-state index contributed by atoms with van der Waals surface area (Å²) >= 11 is 0. The molecule has 0 spiro atoms. The molecule has 9 nitrogen and oxygen atoms in total. The van der Waals surface area contributed by atoms with Crippen molar-refractivity contribution in [2.45, 2.75) is 92.0 Å². The summed E-state index contributed by atoms with van der Waals surface area (Å²) in [5, 5.41) is 0. The predicted octanol–water partition coefficient (Wildman–Crippen LogP) is 2.53. The minimum Gasteiger partial charge on any atom is -0.463 e. The number of carbonyl (C=O) groups is 2. The second-order valence-electron chi connectivity index (χ2n) is 7.94. The predicted molar refractivity (Wildman–Crippen MR) is 115 cm³/mol. The number of hydrogen-bond donors (Lipinski definition) is 0. The first-order valence-electron chi connectivity index (χ1n) is 10.9. The quantitative estimate of drug-likeness (QED) is 0.292. The Bertz CT molecular complexity index is 486. The maximum absolute atomic E-state index is 10.9. The van der Waals surface area contributed by atoms with Crippen LogP contribution in [0, 0.1) is 0 Å². The number of ether oxygens (including phenoxy) is 7. The van der Waals surface area contributed by atoms with Gasteiger partial charge in [0.1, 0.15) is 12.7 Å². The molecular formula is C22H42O9. The fourth-order valence-corrected chi connectivity index (χ4v) is 2.29. The summed E-state index contributed by atoms with van der Waals surface area (Å²) in [5.74, 6) is -0.639. The van der Waals surface area contributed by atoms with E-state index in [0.29, 0.717) is 33.0 Å². The molecule has 31 heavy (non-hydrogen) atoms. The fraction of sp³-hybridized carbons (Fsp3) is 0.909. The maximum atomic E-state index is 10.9. The standard InChI is InChI=1S/C22H42O9/c1-15(9-26-17(3)11-28-19(5)13-30-21(7)23)25-10-16(2)27-12-18(4)29-14-20(6)31-22(8)24/h15-20H,9-14H2,1-8H3. The van der Waals surface area contributed by atoms with Gasteiger partial charge in [-0.3, -0.25) is 9.59 Å². The molecule has 0 saturated carbocycles. The van der Waals surface area contributed by atoms with Crippen LogP contribution < -0.4 is 0 Å². The summed E-state index contributed by atoms with van der Waals surface area (Å²) in [7, 11) is 0. The molecule has 0 bridgehead atoms. The Kier molecular flexibility index (Phi) is 16.6. The highest BCUT2D eigenvalue weighted by molar-refractivity contribution is 5.66. The fourth-order valence-electron chi connectivity index (χ4n) is 2.29. The van der Waals surface area contributed by atoms with Gasteiger partial charge in [-0.1, -0.05) is 0 Å². The first kappa shape index (κ1) is 29.7. The second kappa shape index (κ2) is 17.3. The van der Waals surface area contributed by atoms with Gasteiger partial charge in [-0.15, -0.1) is 0 Å². The molecule has 0 rings (SSSR count). The topological polar surface area (TPSA) is 98.8 Å². The van der Waals surface area contributed by atoms with E-state index in [2.05, 4.69) is 0 Å². The van der Waals surface area contributed by atoms with Gasteiger partial charge in [0.05, 0.1) is 63.6 Å². The molecular weight excluding hydrogens is 408 g/mol. The third-order valence-electron chi connectivity index (χ3n) is 3.97. The van der Waals surface area contributed by atoms with E-state index in [0.717, 1.165) is 0 Å². The van der Waals surface area contributed by atoms with Crippen molar-refractivity contribution < 1.29 is 42.7 Å². The number of rotatable bonds is 18. The molecule has 0 aromatic heterocycles. The van der Waals surface area contributed by atoms with E-state index in [9.17, 15) is 9.59 Å². The molecule has 0 aromatic rings. The molecule has 0 aliphatic carbocycles. The third kappa shape index (κ3) is 19.2. The van der Waals surface area contributed by atoms with Crippen LogP contribution in [0.15, 0.2) is 0 Å². The maximum Gasteiger partial charge on any atom is 0.302 e. The summed E-state index contributed by atoms with van der Waals surface area (Å²) in [6, 6.07) is 0. The minimum atomic E-state index is -0.320. The van der Waals surface area contributed by atoms with Gasteiger partial charge in [0, 0.05) is 13.8 Å². The van der Waals surface area contributed by atoms with Crippen LogP contribution in [0.2, 0.25) is 0 Å². The zero-order valence-corrected chi connectivity index (χ0v) is 20.4. The summed E-state index contributed by atoms with van der Waals surface area (Å²) in [5.41, 5.74) is 0. The van der Waals surface area contributed by atoms with E-state index in [1.54, 1.807) is 6.92 Å². The van der Waals surface area contributed by atoms with Crippen molar-refractivity contribution in [3.05, 3.63) is 0 Å². The molecule has 0 aliphatic heterocycles. The molecule has 6 atom stereocenters. The van der Waals surface area contributed by atoms with Gasteiger partial charge < -0.3 is 33.2 Å². The molecule has 0 amide bonds. The zero-order valence-electron chi connectivity index (χ0n) is 20.4. The molecule has 0 fully saturated rings. The van der Waals surface area contributed by atoms with Crippen molar-refractivity contribution in [1.29, 1.82) is 0 Å². The highest BCUT2D eigenvalue weighted by Gasteiger charge is 2.14. The van der Waals surface area contributed by atoms with Crippen molar-refractivity contribution in [2.75, 3.05) is 39.6 Å². The van der Waals surface area contributed by atoms with Crippen molar-refractivity contribution in [3.63, 3.8) is 0 Å². The number of esters is 2. The van der Waals surface area contributed by atoms with Gasteiger partial charge in [0.25, 0.3) is 0 Å². The first-order chi connectivity index (χ1) is 14.5. The average Bonchev–Trinajstić information content (AvgIpc) is 2.69. The van der Waals surface area contributed by atoms with Crippen molar-refractivity contribution >= 4 is 11.9 Å².